The van der Waals surface area contributed by atoms with Gasteiger partial charge in [0.1, 0.15) is 0 Å². The van der Waals surface area contributed by atoms with E-state index in [1.165, 1.54) is 17.2 Å². The summed E-state index contributed by atoms with van der Waals surface area (Å²) in [6, 6.07) is 5.29. The monoisotopic (exact) mass is 416 g/mol. The Hall–Kier alpha value is -3.14. The van der Waals surface area contributed by atoms with E-state index in [4.69, 9.17) is 0 Å². The van der Waals surface area contributed by atoms with E-state index in [1.807, 2.05) is 12.1 Å². The molecule has 8 nitrogen and oxygen atoms in total. The minimum atomic E-state index is -2.61. The normalized spacial score (nSPS) is 15.3. The van der Waals surface area contributed by atoms with Gasteiger partial charge < -0.3 is 9.47 Å². The second kappa shape index (κ2) is 8.31. The van der Waals surface area contributed by atoms with E-state index in [9.17, 15) is 18.4 Å². The van der Waals surface area contributed by atoms with E-state index in [1.54, 1.807) is 19.3 Å². The number of piperazine rings is 1. The minimum absolute atomic E-state index is 0.0365. The number of fused-ring (bicyclic) bond motifs is 1. The molecule has 0 saturated carbocycles. The molecule has 0 bridgehead atoms. The van der Waals surface area contributed by atoms with E-state index < -0.39 is 18.5 Å². The molecule has 0 spiro atoms. The van der Waals surface area contributed by atoms with Crippen LogP contribution in [0.15, 0.2) is 46.6 Å². The Labute approximate surface area is 171 Å². The van der Waals surface area contributed by atoms with Crippen molar-refractivity contribution < 1.29 is 8.78 Å². The van der Waals surface area contributed by atoms with E-state index in [0.29, 0.717) is 23.0 Å². The topological polar surface area (TPSA) is 76.3 Å². The predicted molar refractivity (Wildman–Crippen MR) is 109 cm³/mol. The molecule has 0 atom stereocenters. The van der Waals surface area contributed by atoms with Crippen LogP contribution in [0.1, 0.15) is 5.56 Å². The van der Waals surface area contributed by atoms with Gasteiger partial charge in [-0.1, -0.05) is 0 Å². The van der Waals surface area contributed by atoms with Crippen molar-refractivity contribution >= 4 is 16.6 Å². The molecule has 0 aliphatic carbocycles. The van der Waals surface area contributed by atoms with Crippen LogP contribution >= 0.6 is 0 Å². The first-order valence-electron chi connectivity index (χ1n) is 9.66. The predicted octanol–water partition coefficient (Wildman–Crippen LogP) is 1.08. The molecule has 1 aliphatic rings. The second-order valence-electron chi connectivity index (χ2n) is 7.39. The second-order valence-corrected chi connectivity index (χ2v) is 7.39. The summed E-state index contributed by atoms with van der Waals surface area (Å²) < 4.78 is 27.6. The number of hydrogen-bond donors (Lipinski definition) is 0. The number of anilines is 1. The molecule has 3 aromatic rings. The van der Waals surface area contributed by atoms with Crippen LogP contribution < -0.4 is 16.0 Å². The SMILES string of the molecule is Cn1cncc(CN2CCN(c3ccc4c(=O)n(CC(F)F)cnc4c3)CC2)c1=O. The Morgan fingerprint density at radius 3 is 2.57 bits per heavy atom. The van der Waals surface area contributed by atoms with Crippen molar-refractivity contribution in [3.05, 3.63) is 63.3 Å². The van der Waals surface area contributed by atoms with Gasteiger partial charge in [-0.05, 0) is 18.2 Å². The summed E-state index contributed by atoms with van der Waals surface area (Å²) in [6.07, 6.45) is 1.68. The smallest absolute Gasteiger partial charge is 0.261 e. The van der Waals surface area contributed by atoms with Crippen molar-refractivity contribution in [2.24, 2.45) is 7.05 Å². The van der Waals surface area contributed by atoms with Crippen LogP contribution in [0.2, 0.25) is 0 Å². The highest BCUT2D eigenvalue weighted by Crippen LogP contribution is 2.21. The first-order chi connectivity index (χ1) is 14.4. The Kier molecular flexibility index (Phi) is 5.58. The Morgan fingerprint density at radius 2 is 1.83 bits per heavy atom. The number of alkyl halides is 2. The van der Waals surface area contributed by atoms with Gasteiger partial charge in [0.25, 0.3) is 17.5 Å². The van der Waals surface area contributed by atoms with Gasteiger partial charge in [0, 0.05) is 57.2 Å². The van der Waals surface area contributed by atoms with Crippen LogP contribution in [0.5, 0.6) is 0 Å². The lowest BCUT2D eigenvalue weighted by atomic mass is 10.2. The zero-order chi connectivity index (χ0) is 21.3. The van der Waals surface area contributed by atoms with Gasteiger partial charge in [0.15, 0.2) is 0 Å². The van der Waals surface area contributed by atoms with Crippen LogP contribution in [-0.4, -0.2) is 56.6 Å². The Bertz CT molecular complexity index is 1170. The lowest BCUT2D eigenvalue weighted by Gasteiger charge is -2.36. The van der Waals surface area contributed by atoms with Crippen molar-refractivity contribution in [3.8, 4) is 0 Å². The Morgan fingerprint density at radius 1 is 1.07 bits per heavy atom. The van der Waals surface area contributed by atoms with Crippen molar-refractivity contribution in [2.45, 2.75) is 19.5 Å². The van der Waals surface area contributed by atoms with E-state index in [0.717, 1.165) is 36.4 Å². The highest BCUT2D eigenvalue weighted by molar-refractivity contribution is 5.81. The minimum Gasteiger partial charge on any atom is -0.369 e. The maximum absolute atomic E-state index is 12.6. The molecule has 30 heavy (non-hydrogen) atoms. The molecule has 0 radical (unpaired) electrons. The molecule has 1 aliphatic heterocycles. The van der Waals surface area contributed by atoms with Crippen molar-refractivity contribution in [3.63, 3.8) is 0 Å². The summed E-state index contributed by atoms with van der Waals surface area (Å²) in [5.74, 6) is 0. The number of nitrogens with zero attached hydrogens (tertiary/aromatic N) is 6. The molecule has 4 rings (SSSR count). The highest BCUT2D eigenvalue weighted by atomic mass is 19.3. The third-order valence-electron chi connectivity index (χ3n) is 5.34. The molecule has 0 N–H and O–H groups in total. The highest BCUT2D eigenvalue weighted by Gasteiger charge is 2.19. The number of aryl methyl sites for hydroxylation is 1. The van der Waals surface area contributed by atoms with Gasteiger partial charge in [-0.25, -0.2) is 18.7 Å². The molecule has 158 valence electrons. The number of hydrogen-bond acceptors (Lipinski definition) is 6. The fourth-order valence-electron chi connectivity index (χ4n) is 3.69. The van der Waals surface area contributed by atoms with Gasteiger partial charge in [-0.15, -0.1) is 0 Å². The molecule has 1 fully saturated rings. The lowest BCUT2D eigenvalue weighted by Crippen LogP contribution is -2.46. The summed E-state index contributed by atoms with van der Waals surface area (Å²) in [5, 5.41) is 0.327. The summed E-state index contributed by atoms with van der Waals surface area (Å²) >= 11 is 0. The standard InChI is InChI=1S/C20H22F2N6O2/c1-25-12-23-9-14(19(25)29)10-26-4-6-27(7-5-26)15-2-3-16-17(8-15)24-13-28(20(16)30)11-18(21)22/h2-3,8-9,12-13,18H,4-7,10-11H2,1H3. The molecule has 2 aromatic heterocycles. The fraction of sp³-hybridized carbons (Fsp3) is 0.400. The molecule has 10 heteroatoms. The molecular formula is C20H22F2N6O2. The molecule has 1 aromatic carbocycles. The third-order valence-corrected chi connectivity index (χ3v) is 5.34. The lowest BCUT2D eigenvalue weighted by molar-refractivity contribution is 0.125. The Balaban J connectivity index is 1.46. The van der Waals surface area contributed by atoms with Gasteiger partial charge in [-0.2, -0.15) is 0 Å². The number of halogens is 2. The average molecular weight is 416 g/mol. The molecule has 0 unspecified atom stereocenters. The van der Waals surface area contributed by atoms with Gasteiger partial charge in [0.05, 0.1) is 30.1 Å². The van der Waals surface area contributed by atoms with Crippen LogP contribution in [0.25, 0.3) is 10.9 Å². The van der Waals surface area contributed by atoms with Gasteiger partial charge >= 0.3 is 0 Å². The molecule has 0 amide bonds. The third kappa shape index (κ3) is 4.09. The van der Waals surface area contributed by atoms with E-state index in [2.05, 4.69) is 19.8 Å². The maximum Gasteiger partial charge on any atom is 0.261 e. The van der Waals surface area contributed by atoms with E-state index in [-0.39, 0.29) is 5.56 Å². The number of aromatic nitrogens is 4. The van der Waals surface area contributed by atoms with Gasteiger partial charge in [0.2, 0.25) is 0 Å². The fourth-order valence-corrected chi connectivity index (χ4v) is 3.69. The summed E-state index contributed by atoms with van der Waals surface area (Å²) in [7, 11) is 1.69. The first kappa shape index (κ1) is 20.1. The van der Waals surface area contributed by atoms with Crippen LogP contribution in [0, 0.1) is 0 Å². The quantitative estimate of drug-likeness (QED) is 0.620. The molecular weight excluding hydrogens is 394 g/mol. The molecule has 3 heterocycles. The van der Waals surface area contributed by atoms with E-state index >= 15 is 0 Å². The van der Waals surface area contributed by atoms with Crippen LogP contribution in [0.4, 0.5) is 14.5 Å². The largest absolute Gasteiger partial charge is 0.369 e. The first-order valence-corrected chi connectivity index (χ1v) is 9.66. The average Bonchev–Trinajstić information content (AvgIpc) is 2.73. The molecule has 1 saturated heterocycles. The van der Waals surface area contributed by atoms with Crippen molar-refractivity contribution in [1.82, 2.24) is 24.0 Å². The zero-order valence-electron chi connectivity index (χ0n) is 16.5. The summed E-state index contributed by atoms with van der Waals surface area (Å²) in [4.78, 5) is 37.2. The van der Waals surface area contributed by atoms with Crippen molar-refractivity contribution in [2.75, 3.05) is 31.1 Å². The maximum atomic E-state index is 12.6. The zero-order valence-corrected chi connectivity index (χ0v) is 16.5. The number of rotatable bonds is 5. The van der Waals surface area contributed by atoms with Crippen LogP contribution in [-0.2, 0) is 20.1 Å². The van der Waals surface area contributed by atoms with Crippen LogP contribution in [0.3, 0.4) is 0 Å². The van der Waals surface area contributed by atoms with Gasteiger partial charge in [-0.3, -0.25) is 19.1 Å². The summed E-state index contributed by atoms with van der Waals surface area (Å²) in [5.41, 5.74) is 1.59. The van der Waals surface area contributed by atoms with Crippen molar-refractivity contribution in [1.29, 1.82) is 0 Å². The summed E-state index contributed by atoms with van der Waals surface area (Å²) in [6.45, 7) is 2.96. The number of benzene rings is 1.